The van der Waals surface area contributed by atoms with Crippen molar-refractivity contribution in [2.75, 3.05) is 6.61 Å². The van der Waals surface area contributed by atoms with E-state index in [0.29, 0.717) is 0 Å². The summed E-state index contributed by atoms with van der Waals surface area (Å²) in [4.78, 5) is 44.9. The van der Waals surface area contributed by atoms with E-state index in [9.17, 15) is 24.3 Å². The minimum absolute atomic E-state index is 0.366. The van der Waals surface area contributed by atoms with Gasteiger partial charge in [0.25, 0.3) is 0 Å². The Bertz CT molecular complexity index is 502. The van der Waals surface area contributed by atoms with Crippen molar-refractivity contribution in [3.63, 3.8) is 0 Å². The molecule has 5 atom stereocenters. The first-order valence-corrected chi connectivity index (χ1v) is 7.10. The zero-order valence-corrected chi connectivity index (χ0v) is 13.7. The second-order valence-corrected chi connectivity index (χ2v) is 5.09. The Hall–Kier alpha value is -2.20. The van der Waals surface area contributed by atoms with Crippen LogP contribution >= 0.6 is 0 Å². The van der Waals surface area contributed by atoms with Crippen LogP contribution in [0.1, 0.15) is 27.7 Å². The maximum atomic E-state index is 11.3. The van der Waals surface area contributed by atoms with E-state index in [1.54, 1.807) is 0 Å². The second-order valence-electron chi connectivity index (χ2n) is 5.09. The SMILES string of the molecule is CC(=O)OC[C@H]1O[C@H](O)[C@H](OC(C)=O)C(OC(C)=O)C1OC(C)=O. The number of carbonyl (C=O) groups excluding carboxylic acids is 4. The van der Waals surface area contributed by atoms with Crippen LogP contribution in [0.25, 0.3) is 0 Å². The Balaban J connectivity index is 3.11. The van der Waals surface area contributed by atoms with E-state index in [0.717, 1.165) is 27.7 Å². The van der Waals surface area contributed by atoms with Crippen molar-refractivity contribution in [3.8, 4) is 0 Å². The normalized spacial score (nSPS) is 29.3. The van der Waals surface area contributed by atoms with Crippen molar-refractivity contribution >= 4 is 23.9 Å². The smallest absolute Gasteiger partial charge is 0.303 e. The fourth-order valence-electron chi connectivity index (χ4n) is 2.21. The first-order valence-electron chi connectivity index (χ1n) is 7.10. The molecule has 0 saturated carbocycles. The van der Waals surface area contributed by atoms with Gasteiger partial charge in [0.1, 0.15) is 12.7 Å². The van der Waals surface area contributed by atoms with Gasteiger partial charge in [-0.2, -0.15) is 0 Å². The molecule has 0 aromatic heterocycles. The molecule has 1 rings (SSSR count). The minimum atomic E-state index is -1.68. The molecule has 2 unspecified atom stereocenters. The fraction of sp³-hybridized carbons (Fsp3) is 0.714. The van der Waals surface area contributed by atoms with E-state index in [4.69, 9.17) is 23.7 Å². The molecule has 0 amide bonds. The molecule has 136 valence electrons. The van der Waals surface area contributed by atoms with Crippen LogP contribution in [0.4, 0.5) is 0 Å². The van der Waals surface area contributed by atoms with Gasteiger partial charge >= 0.3 is 23.9 Å². The summed E-state index contributed by atoms with van der Waals surface area (Å²) in [7, 11) is 0. The molecule has 1 heterocycles. The van der Waals surface area contributed by atoms with Crippen LogP contribution in [0.15, 0.2) is 0 Å². The van der Waals surface area contributed by atoms with Crippen molar-refractivity contribution in [2.45, 2.75) is 58.4 Å². The van der Waals surface area contributed by atoms with Gasteiger partial charge in [-0.1, -0.05) is 0 Å². The van der Waals surface area contributed by atoms with Crippen LogP contribution in [-0.2, 0) is 42.9 Å². The van der Waals surface area contributed by atoms with E-state index in [2.05, 4.69) is 0 Å². The van der Waals surface area contributed by atoms with Gasteiger partial charge in [-0.05, 0) is 0 Å². The average molecular weight is 348 g/mol. The molecule has 0 radical (unpaired) electrons. The highest BCUT2D eigenvalue weighted by atomic mass is 16.7. The summed E-state index contributed by atoms with van der Waals surface area (Å²) in [6.07, 6.45) is -6.79. The van der Waals surface area contributed by atoms with Crippen LogP contribution in [0, 0.1) is 0 Å². The standard InChI is InChI=1S/C14H20O10/c1-6(15)20-5-10-11(21-7(2)16)12(22-8(3)17)13(14(19)24-10)23-9(4)18/h10-14,19H,5H2,1-4H3/t10-,11?,12?,13-,14+/m1/s1. The lowest BCUT2D eigenvalue weighted by molar-refractivity contribution is -0.296. The number of esters is 4. The first kappa shape index (κ1) is 19.8. The van der Waals surface area contributed by atoms with E-state index in [-0.39, 0.29) is 6.61 Å². The van der Waals surface area contributed by atoms with Crippen molar-refractivity contribution in [2.24, 2.45) is 0 Å². The summed E-state index contributed by atoms with van der Waals surface area (Å²) >= 11 is 0. The lowest BCUT2D eigenvalue weighted by Crippen LogP contribution is -2.62. The van der Waals surface area contributed by atoms with Gasteiger partial charge < -0.3 is 28.8 Å². The summed E-state index contributed by atoms with van der Waals surface area (Å²) in [5.74, 6) is -2.87. The third kappa shape index (κ3) is 5.78. The first-order chi connectivity index (χ1) is 11.1. The van der Waals surface area contributed by atoms with Crippen molar-refractivity contribution in [3.05, 3.63) is 0 Å². The molecule has 0 aliphatic carbocycles. The van der Waals surface area contributed by atoms with Crippen LogP contribution in [0.2, 0.25) is 0 Å². The summed E-state index contributed by atoms with van der Waals surface area (Å²) in [5, 5.41) is 10.0. The molecule has 24 heavy (non-hydrogen) atoms. The molecule has 1 aliphatic heterocycles. The fourth-order valence-corrected chi connectivity index (χ4v) is 2.21. The van der Waals surface area contributed by atoms with Crippen LogP contribution < -0.4 is 0 Å². The second kappa shape index (κ2) is 8.60. The molecule has 1 N–H and O–H groups in total. The molecular formula is C14H20O10. The number of ether oxygens (including phenoxy) is 5. The largest absolute Gasteiger partial charge is 0.463 e. The Labute approximate surface area is 137 Å². The van der Waals surface area contributed by atoms with Gasteiger partial charge in [-0.15, -0.1) is 0 Å². The third-order valence-corrected chi connectivity index (χ3v) is 2.97. The molecule has 1 fully saturated rings. The average Bonchev–Trinajstić information content (AvgIpc) is 2.42. The van der Waals surface area contributed by atoms with Gasteiger partial charge in [-0.3, -0.25) is 19.2 Å². The molecule has 10 heteroatoms. The Kier molecular flexibility index (Phi) is 7.11. The van der Waals surface area contributed by atoms with E-state index < -0.39 is 54.6 Å². The topological polar surface area (TPSA) is 135 Å². The number of rotatable bonds is 5. The molecule has 0 aromatic carbocycles. The lowest BCUT2D eigenvalue weighted by Gasteiger charge is -2.42. The maximum absolute atomic E-state index is 11.3. The van der Waals surface area contributed by atoms with Gasteiger partial charge in [0.15, 0.2) is 24.6 Å². The van der Waals surface area contributed by atoms with Gasteiger partial charge in [0.05, 0.1) is 0 Å². The summed E-state index contributed by atoms with van der Waals surface area (Å²) in [5.41, 5.74) is 0. The number of aliphatic hydroxyl groups is 1. The van der Waals surface area contributed by atoms with Gasteiger partial charge in [-0.25, -0.2) is 0 Å². The molecule has 1 aliphatic rings. The third-order valence-electron chi connectivity index (χ3n) is 2.97. The van der Waals surface area contributed by atoms with E-state index in [1.807, 2.05) is 0 Å². The van der Waals surface area contributed by atoms with Crippen LogP contribution in [-0.4, -0.2) is 66.3 Å². The van der Waals surface area contributed by atoms with Crippen LogP contribution in [0.5, 0.6) is 0 Å². The molecule has 0 spiro atoms. The van der Waals surface area contributed by atoms with E-state index in [1.165, 1.54) is 0 Å². The number of aliphatic hydroxyl groups excluding tert-OH is 1. The van der Waals surface area contributed by atoms with Gasteiger partial charge in [0.2, 0.25) is 0 Å². The van der Waals surface area contributed by atoms with Gasteiger partial charge in [0, 0.05) is 27.7 Å². The molecule has 0 bridgehead atoms. The summed E-state index contributed by atoms with van der Waals surface area (Å²) in [6.45, 7) is 4.09. The predicted molar refractivity (Wildman–Crippen MR) is 74.2 cm³/mol. The van der Waals surface area contributed by atoms with Crippen molar-refractivity contribution in [1.29, 1.82) is 0 Å². The zero-order chi connectivity index (χ0) is 18.4. The molecule has 10 nitrogen and oxygen atoms in total. The van der Waals surface area contributed by atoms with Crippen molar-refractivity contribution < 1.29 is 48.0 Å². The monoisotopic (exact) mass is 348 g/mol. The summed E-state index contributed by atoms with van der Waals surface area (Å²) in [6, 6.07) is 0. The van der Waals surface area contributed by atoms with Crippen molar-refractivity contribution in [1.82, 2.24) is 0 Å². The highest BCUT2D eigenvalue weighted by Gasteiger charge is 2.51. The highest BCUT2D eigenvalue weighted by molar-refractivity contribution is 5.68. The quantitative estimate of drug-likeness (QED) is 0.490. The van der Waals surface area contributed by atoms with E-state index >= 15 is 0 Å². The van der Waals surface area contributed by atoms with Crippen LogP contribution in [0.3, 0.4) is 0 Å². The Morgan fingerprint density at radius 2 is 1.25 bits per heavy atom. The highest BCUT2D eigenvalue weighted by Crippen LogP contribution is 2.28. The molecular weight excluding hydrogens is 328 g/mol. The number of hydrogen-bond donors (Lipinski definition) is 1. The Morgan fingerprint density at radius 3 is 1.71 bits per heavy atom. The summed E-state index contributed by atoms with van der Waals surface area (Å²) < 4.78 is 25.0. The number of hydrogen-bond acceptors (Lipinski definition) is 10. The molecule has 0 aromatic rings. The lowest BCUT2D eigenvalue weighted by atomic mass is 9.98. The maximum Gasteiger partial charge on any atom is 0.303 e. The number of carbonyl (C=O) groups is 4. The molecule has 1 saturated heterocycles. The zero-order valence-electron chi connectivity index (χ0n) is 13.7. The minimum Gasteiger partial charge on any atom is -0.463 e. The predicted octanol–water partition coefficient (Wildman–Crippen LogP) is -0.938. The Morgan fingerprint density at radius 1 is 0.792 bits per heavy atom.